The number of esters is 3. The summed E-state index contributed by atoms with van der Waals surface area (Å²) in [5.41, 5.74) is 0. The molecule has 0 amide bonds. The molecule has 0 aliphatic heterocycles. The molecular weight excluding hydrogens is 985 g/mol. The molecular formula is C74H136O6. The molecule has 0 aromatic rings. The van der Waals surface area contributed by atoms with Gasteiger partial charge in [-0.2, -0.15) is 0 Å². The first-order valence-electron chi connectivity index (χ1n) is 35.6. The molecule has 0 spiro atoms. The van der Waals surface area contributed by atoms with Crippen molar-refractivity contribution in [2.45, 2.75) is 393 Å². The maximum Gasteiger partial charge on any atom is 0.306 e. The molecule has 0 aliphatic rings. The Morgan fingerprint density at radius 1 is 0.250 bits per heavy atom. The number of hydrogen-bond donors (Lipinski definition) is 0. The van der Waals surface area contributed by atoms with Crippen molar-refractivity contribution in [1.29, 1.82) is 0 Å². The van der Waals surface area contributed by atoms with Crippen molar-refractivity contribution < 1.29 is 28.6 Å². The standard InChI is InChI=1S/C74H136O6/c1-4-7-10-13-16-19-22-25-28-31-33-34-35-36-37-38-39-40-42-43-46-49-52-55-58-61-64-67-73(76)79-70-71(69-78-72(75)66-63-60-57-54-51-48-45-30-27-24-21-18-15-12-9-6-3)80-74(77)68-65-62-59-56-53-50-47-44-41-32-29-26-23-20-17-14-11-8-5-2/h17,20,26,29,31,33,41,44,71H,4-16,18-19,21-25,27-28,30,32,34-40,42-43,45-70H2,1-3H3/b20-17-,29-26-,33-31-,44-41-. The fourth-order valence-electron chi connectivity index (χ4n) is 10.7. The lowest BCUT2D eigenvalue weighted by Gasteiger charge is -2.18. The van der Waals surface area contributed by atoms with E-state index in [-0.39, 0.29) is 31.1 Å². The quantitative estimate of drug-likeness (QED) is 0.0261. The van der Waals surface area contributed by atoms with E-state index in [1.807, 2.05) is 0 Å². The molecule has 80 heavy (non-hydrogen) atoms. The Kier molecular flexibility index (Phi) is 66.6. The molecule has 1 unspecified atom stereocenters. The highest BCUT2D eigenvalue weighted by atomic mass is 16.6. The zero-order valence-corrected chi connectivity index (χ0v) is 53.9. The van der Waals surface area contributed by atoms with Crippen molar-refractivity contribution in [2.24, 2.45) is 0 Å². The molecule has 0 rings (SSSR count). The second-order valence-corrected chi connectivity index (χ2v) is 24.1. The Labute approximate surface area is 498 Å². The highest BCUT2D eigenvalue weighted by Gasteiger charge is 2.19. The van der Waals surface area contributed by atoms with Crippen molar-refractivity contribution >= 4 is 17.9 Å². The van der Waals surface area contributed by atoms with E-state index in [9.17, 15) is 14.4 Å². The summed E-state index contributed by atoms with van der Waals surface area (Å²) in [5, 5.41) is 0. The van der Waals surface area contributed by atoms with E-state index in [2.05, 4.69) is 69.4 Å². The van der Waals surface area contributed by atoms with Crippen molar-refractivity contribution in [3.05, 3.63) is 48.6 Å². The summed E-state index contributed by atoms with van der Waals surface area (Å²) >= 11 is 0. The highest BCUT2D eigenvalue weighted by molar-refractivity contribution is 5.71. The molecule has 0 radical (unpaired) electrons. The van der Waals surface area contributed by atoms with Gasteiger partial charge in [-0.3, -0.25) is 14.4 Å². The number of unbranched alkanes of at least 4 members (excludes halogenated alkanes) is 47. The van der Waals surface area contributed by atoms with Crippen molar-refractivity contribution in [3.8, 4) is 0 Å². The van der Waals surface area contributed by atoms with E-state index in [0.717, 1.165) is 77.0 Å². The van der Waals surface area contributed by atoms with Crippen LogP contribution >= 0.6 is 0 Å². The molecule has 6 heteroatoms. The SMILES string of the molecule is CCCCC/C=C\C/C=C\C/C=C\CCCCCCCCC(=O)OC(COC(=O)CCCCCCCCCCCCCCCCCC)COC(=O)CCCCCCCCCCCCCCCCC/C=C\CCCCCCCCCC. The van der Waals surface area contributed by atoms with Gasteiger partial charge in [0.25, 0.3) is 0 Å². The van der Waals surface area contributed by atoms with Gasteiger partial charge in [0.1, 0.15) is 13.2 Å². The highest BCUT2D eigenvalue weighted by Crippen LogP contribution is 2.18. The van der Waals surface area contributed by atoms with E-state index >= 15 is 0 Å². The molecule has 0 bridgehead atoms. The Morgan fingerprint density at radius 3 is 0.738 bits per heavy atom. The monoisotopic (exact) mass is 1120 g/mol. The van der Waals surface area contributed by atoms with Crippen LogP contribution in [0.4, 0.5) is 0 Å². The summed E-state index contributed by atoms with van der Waals surface area (Å²) in [6, 6.07) is 0. The minimum Gasteiger partial charge on any atom is -0.462 e. The molecule has 1 atom stereocenters. The first-order chi connectivity index (χ1) is 39.5. The van der Waals surface area contributed by atoms with Crippen LogP contribution in [0.25, 0.3) is 0 Å². The van der Waals surface area contributed by atoms with Crippen LogP contribution in [0, 0.1) is 0 Å². The van der Waals surface area contributed by atoms with Crippen LogP contribution in [0.2, 0.25) is 0 Å². The van der Waals surface area contributed by atoms with Gasteiger partial charge in [0.15, 0.2) is 6.10 Å². The minimum absolute atomic E-state index is 0.0737. The van der Waals surface area contributed by atoms with Crippen LogP contribution in [-0.4, -0.2) is 37.2 Å². The van der Waals surface area contributed by atoms with Crippen LogP contribution in [0.1, 0.15) is 387 Å². The predicted molar refractivity (Wildman–Crippen MR) is 349 cm³/mol. The van der Waals surface area contributed by atoms with E-state index < -0.39 is 6.10 Å². The first kappa shape index (κ1) is 77.4. The fraction of sp³-hybridized carbons (Fsp3) is 0.851. The largest absolute Gasteiger partial charge is 0.462 e. The second kappa shape index (κ2) is 68.9. The Balaban J connectivity index is 4.27. The third kappa shape index (κ3) is 66.2. The Morgan fingerprint density at radius 2 is 0.450 bits per heavy atom. The van der Waals surface area contributed by atoms with Crippen LogP contribution in [0.15, 0.2) is 48.6 Å². The van der Waals surface area contributed by atoms with Crippen LogP contribution in [-0.2, 0) is 28.6 Å². The number of rotatable bonds is 66. The summed E-state index contributed by atoms with van der Waals surface area (Å²) < 4.78 is 17.0. The molecule has 468 valence electrons. The van der Waals surface area contributed by atoms with Crippen molar-refractivity contribution in [3.63, 3.8) is 0 Å². The van der Waals surface area contributed by atoms with E-state index in [4.69, 9.17) is 14.2 Å². The van der Waals surface area contributed by atoms with E-state index in [1.165, 1.54) is 270 Å². The van der Waals surface area contributed by atoms with E-state index in [1.54, 1.807) is 0 Å². The summed E-state index contributed by atoms with van der Waals surface area (Å²) in [5.74, 6) is -0.859. The molecule has 0 heterocycles. The molecule has 0 N–H and O–H groups in total. The Hall–Kier alpha value is -2.63. The molecule has 0 saturated heterocycles. The second-order valence-electron chi connectivity index (χ2n) is 24.1. The maximum absolute atomic E-state index is 12.9. The number of carbonyl (C=O) groups excluding carboxylic acids is 3. The van der Waals surface area contributed by atoms with Gasteiger partial charge < -0.3 is 14.2 Å². The number of carbonyl (C=O) groups is 3. The smallest absolute Gasteiger partial charge is 0.306 e. The number of allylic oxidation sites excluding steroid dienone is 8. The number of ether oxygens (including phenoxy) is 3. The molecule has 0 aromatic carbocycles. The molecule has 0 aliphatic carbocycles. The summed E-state index contributed by atoms with van der Waals surface area (Å²) in [7, 11) is 0. The van der Waals surface area contributed by atoms with Gasteiger partial charge in [-0.05, 0) is 83.5 Å². The fourth-order valence-corrected chi connectivity index (χ4v) is 10.7. The van der Waals surface area contributed by atoms with Crippen molar-refractivity contribution in [2.75, 3.05) is 13.2 Å². The lowest BCUT2D eigenvalue weighted by molar-refractivity contribution is -0.167. The van der Waals surface area contributed by atoms with Crippen molar-refractivity contribution in [1.82, 2.24) is 0 Å². The maximum atomic E-state index is 12.9. The van der Waals surface area contributed by atoms with Gasteiger partial charge in [0.2, 0.25) is 0 Å². The topological polar surface area (TPSA) is 78.9 Å². The zero-order valence-electron chi connectivity index (χ0n) is 53.9. The first-order valence-corrected chi connectivity index (χ1v) is 35.6. The summed E-state index contributed by atoms with van der Waals surface area (Å²) in [4.78, 5) is 38.5. The van der Waals surface area contributed by atoms with Crippen LogP contribution in [0.3, 0.4) is 0 Å². The van der Waals surface area contributed by atoms with Gasteiger partial charge in [-0.15, -0.1) is 0 Å². The minimum atomic E-state index is -0.779. The third-order valence-corrected chi connectivity index (χ3v) is 16.1. The average Bonchev–Trinajstić information content (AvgIpc) is 3.46. The predicted octanol–water partition coefficient (Wildman–Crippen LogP) is 24.5. The Bertz CT molecular complexity index is 1380. The summed E-state index contributed by atoms with van der Waals surface area (Å²) in [6.45, 7) is 6.67. The summed E-state index contributed by atoms with van der Waals surface area (Å²) in [6.07, 6.45) is 87.1. The van der Waals surface area contributed by atoms with Gasteiger partial charge in [0.05, 0.1) is 0 Å². The zero-order chi connectivity index (χ0) is 57.8. The third-order valence-electron chi connectivity index (χ3n) is 16.1. The van der Waals surface area contributed by atoms with Gasteiger partial charge in [0, 0.05) is 19.3 Å². The van der Waals surface area contributed by atoms with E-state index in [0.29, 0.717) is 19.3 Å². The van der Waals surface area contributed by atoms with Gasteiger partial charge in [-0.1, -0.05) is 333 Å². The van der Waals surface area contributed by atoms with Gasteiger partial charge in [-0.25, -0.2) is 0 Å². The molecule has 0 aromatic heterocycles. The lowest BCUT2D eigenvalue weighted by atomic mass is 10.0. The van der Waals surface area contributed by atoms with Crippen LogP contribution < -0.4 is 0 Å². The molecule has 0 saturated carbocycles. The van der Waals surface area contributed by atoms with Gasteiger partial charge >= 0.3 is 17.9 Å². The molecule has 6 nitrogen and oxygen atoms in total. The van der Waals surface area contributed by atoms with Crippen LogP contribution in [0.5, 0.6) is 0 Å². The number of hydrogen-bond acceptors (Lipinski definition) is 6. The lowest BCUT2D eigenvalue weighted by Crippen LogP contribution is -2.30. The normalized spacial score (nSPS) is 12.3. The average molecular weight is 1120 g/mol. The molecule has 0 fully saturated rings.